The van der Waals surface area contributed by atoms with Crippen LogP contribution in [0.4, 0.5) is 17.3 Å². The number of fused-ring (bicyclic) bond motifs is 1. The summed E-state index contributed by atoms with van der Waals surface area (Å²) in [5, 5.41) is 25.6. The number of carbonyl (C=O) groups excluding carboxylic acids is 1. The summed E-state index contributed by atoms with van der Waals surface area (Å²) in [6.07, 6.45) is 6.39. The highest BCUT2D eigenvalue weighted by Crippen LogP contribution is 2.31. The number of aromatic nitrogens is 7. The topological polar surface area (TPSA) is 164 Å². The van der Waals surface area contributed by atoms with E-state index >= 15 is 0 Å². The Labute approximate surface area is 247 Å². The largest absolute Gasteiger partial charge is 0.507 e. The van der Waals surface area contributed by atoms with Gasteiger partial charge in [-0.15, -0.1) is 10.2 Å². The van der Waals surface area contributed by atoms with Crippen LogP contribution in [0, 0.1) is 11.8 Å². The highest BCUT2D eigenvalue weighted by atomic mass is 16.3. The van der Waals surface area contributed by atoms with E-state index in [0.717, 1.165) is 24.6 Å². The predicted octanol–water partition coefficient (Wildman–Crippen LogP) is 2.15. The molecule has 13 heteroatoms. The number of piperazine rings is 1. The Morgan fingerprint density at radius 1 is 1.00 bits per heavy atom. The molecule has 43 heavy (non-hydrogen) atoms. The number of para-hydroxylation sites is 1. The van der Waals surface area contributed by atoms with Crippen LogP contribution in [-0.2, 0) is 0 Å². The van der Waals surface area contributed by atoms with E-state index in [1.807, 2.05) is 18.2 Å². The predicted molar refractivity (Wildman–Crippen MR) is 161 cm³/mol. The molecule has 1 amide bonds. The van der Waals surface area contributed by atoms with Crippen LogP contribution >= 0.6 is 0 Å². The molecule has 1 saturated heterocycles. The van der Waals surface area contributed by atoms with Gasteiger partial charge < -0.3 is 26.0 Å². The van der Waals surface area contributed by atoms with Crippen molar-refractivity contribution in [2.75, 3.05) is 48.3 Å². The highest BCUT2D eigenvalue weighted by Gasteiger charge is 2.22. The number of phenolic OH excluding ortho intramolecular Hbond substituents is 1. The molecule has 216 valence electrons. The van der Waals surface area contributed by atoms with Crippen molar-refractivity contribution >= 4 is 28.9 Å². The monoisotopic (exact) mass is 575 g/mol. The second-order valence-electron chi connectivity index (χ2n) is 9.84. The Hall–Kier alpha value is -5.77. The van der Waals surface area contributed by atoms with E-state index in [2.05, 4.69) is 57.2 Å². The zero-order valence-electron chi connectivity index (χ0n) is 23.3. The SMILES string of the molecule is Nc1nnc(-c2ccccc2O)cc1N1CCN(c2ccnc(C#CCCCNC(=O)c3cc4ncccn4n3)n2)CC1. The third kappa shape index (κ3) is 6.28. The average molecular weight is 576 g/mol. The molecule has 0 saturated carbocycles. The second kappa shape index (κ2) is 12.4. The van der Waals surface area contributed by atoms with Crippen LogP contribution < -0.4 is 20.9 Å². The molecule has 5 aromatic rings. The lowest BCUT2D eigenvalue weighted by atomic mass is 10.1. The maximum atomic E-state index is 12.4. The number of unbranched alkanes of at least 4 members (excludes halogenated alkanes) is 1. The molecular weight excluding hydrogens is 546 g/mol. The number of anilines is 3. The van der Waals surface area contributed by atoms with Crippen LogP contribution in [0.15, 0.2) is 67.1 Å². The fourth-order valence-corrected chi connectivity index (χ4v) is 4.78. The number of hydrogen-bond acceptors (Lipinski definition) is 11. The molecule has 6 rings (SSSR count). The fourth-order valence-electron chi connectivity index (χ4n) is 4.78. The molecule has 0 aliphatic carbocycles. The summed E-state index contributed by atoms with van der Waals surface area (Å²) in [5.74, 6) is 7.64. The van der Waals surface area contributed by atoms with Gasteiger partial charge in [0.05, 0.1) is 11.4 Å². The number of amides is 1. The summed E-state index contributed by atoms with van der Waals surface area (Å²) in [6, 6.07) is 14.2. The Morgan fingerprint density at radius 3 is 2.67 bits per heavy atom. The number of carbonyl (C=O) groups is 1. The Bertz CT molecular complexity index is 1790. The van der Waals surface area contributed by atoms with Gasteiger partial charge in [-0.1, -0.05) is 18.1 Å². The molecule has 0 atom stereocenters. The average Bonchev–Trinajstić information content (AvgIpc) is 3.48. The van der Waals surface area contributed by atoms with Crippen molar-refractivity contribution < 1.29 is 9.90 Å². The third-order valence-electron chi connectivity index (χ3n) is 7.00. The molecule has 0 spiro atoms. The molecule has 1 fully saturated rings. The Kier molecular flexibility index (Phi) is 7.90. The van der Waals surface area contributed by atoms with Gasteiger partial charge in [-0.25, -0.2) is 19.5 Å². The van der Waals surface area contributed by atoms with Crippen LogP contribution in [0.5, 0.6) is 5.75 Å². The lowest BCUT2D eigenvalue weighted by Gasteiger charge is -2.36. The number of phenols is 1. The molecule has 4 aromatic heterocycles. The molecule has 13 nitrogen and oxygen atoms in total. The zero-order chi connectivity index (χ0) is 29.6. The van der Waals surface area contributed by atoms with E-state index < -0.39 is 0 Å². The van der Waals surface area contributed by atoms with Crippen molar-refractivity contribution in [3.05, 3.63) is 78.6 Å². The van der Waals surface area contributed by atoms with Crippen molar-refractivity contribution in [1.29, 1.82) is 0 Å². The van der Waals surface area contributed by atoms with Crippen molar-refractivity contribution in [3.63, 3.8) is 0 Å². The zero-order valence-corrected chi connectivity index (χ0v) is 23.3. The summed E-state index contributed by atoms with van der Waals surface area (Å²) in [7, 11) is 0. The van der Waals surface area contributed by atoms with E-state index in [1.54, 1.807) is 53.4 Å². The molecule has 4 N–H and O–H groups in total. The van der Waals surface area contributed by atoms with E-state index in [9.17, 15) is 9.90 Å². The van der Waals surface area contributed by atoms with Crippen LogP contribution in [-0.4, -0.2) is 78.5 Å². The van der Waals surface area contributed by atoms with E-state index in [0.29, 0.717) is 66.7 Å². The maximum Gasteiger partial charge on any atom is 0.271 e. The van der Waals surface area contributed by atoms with Crippen LogP contribution in [0.1, 0.15) is 29.2 Å². The maximum absolute atomic E-state index is 12.4. The molecule has 0 unspecified atom stereocenters. The third-order valence-corrected chi connectivity index (χ3v) is 7.00. The van der Waals surface area contributed by atoms with Gasteiger partial charge in [0.25, 0.3) is 5.91 Å². The van der Waals surface area contributed by atoms with Gasteiger partial charge in [-0.05, 0) is 42.7 Å². The normalized spacial score (nSPS) is 13.0. The first-order valence-corrected chi connectivity index (χ1v) is 13.9. The molecule has 5 heterocycles. The minimum atomic E-state index is -0.242. The van der Waals surface area contributed by atoms with E-state index in [1.165, 1.54) is 0 Å². The van der Waals surface area contributed by atoms with Gasteiger partial charge in [-0.3, -0.25) is 4.79 Å². The molecule has 0 radical (unpaired) electrons. The summed E-state index contributed by atoms with van der Waals surface area (Å²) in [5.41, 5.74) is 9.09. The van der Waals surface area contributed by atoms with Crippen LogP contribution in [0.2, 0.25) is 0 Å². The van der Waals surface area contributed by atoms with E-state index in [4.69, 9.17) is 5.73 Å². The molecule has 0 bridgehead atoms. The van der Waals surface area contributed by atoms with Gasteiger partial charge in [0.2, 0.25) is 5.82 Å². The number of nitrogens with two attached hydrogens (primary N) is 1. The van der Waals surface area contributed by atoms with Gasteiger partial charge in [0, 0.05) is 69.4 Å². The number of benzene rings is 1. The number of hydrogen-bond donors (Lipinski definition) is 3. The number of nitrogens with zero attached hydrogens (tertiary/aromatic N) is 9. The number of nitrogen functional groups attached to an aromatic ring is 1. The molecule has 1 aromatic carbocycles. The van der Waals surface area contributed by atoms with Crippen molar-refractivity contribution in [2.24, 2.45) is 0 Å². The second-order valence-corrected chi connectivity index (χ2v) is 9.84. The lowest BCUT2D eigenvalue weighted by Crippen LogP contribution is -2.47. The molecule has 1 aliphatic heterocycles. The minimum absolute atomic E-state index is 0.143. The van der Waals surface area contributed by atoms with E-state index in [-0.39, 0.29) is 11.7 Å². The van der Waals surface area contributed by atoms with Crippen LogP contribution in [0.25, 0.3) is 16.9 Å². The van der Waals surface area contributed by atoms with Crippen LogP contribution in [0.3, 0.4) is 0 Å². The molecular formula is C30H29N11O2. The minimum Gasteiger partial charge on any atom is -0.507 e. The van der Waals surface area contributed by atoms with Gasteiger partial charge in [0.15, 0.2) is 17.2 Å². The van der Waals surface area contributed by atoms with Crippen molar-refractivity contribution in [2.45, 2.75) is 12.8 Å². The van der Waals surface area contributed by atoms with Crippen molar-refractivity contribution in [3.8, 4) is 28.8 Å². The number of aromatic hydroxyl groups is 1. The van der Waals surface area contributed by atoms with Gasteiger partial charge in [-0.2, -0.15) is 5.10 Å². The first-order valence-electron chi connectivity index (χ1n) is 13.9. The Morgan fingerprint density at radius 2 is 1.84 bits per heavy atom. The summed E-state index contributed by atoms with van der Waals surface area (Å²) >= 11 is 0. The van der Waals surface area contributed by atoms with Crippen molar-refractivity contribution in [1.82, 2.24) is 40.1 Å². The quantitative estimate of drug-likeness (QED) is 0.192. The Balaban J connectivity index is 1.00. The fraction of sp³-hybridized carbons (Fsp3) is 0.233. The molecule has 1 aliphatic rings. The first kappa shape index (κ1) is 27.4. The highest BCUT2D eigenvalue weighted by molar-refractivity contribution is 5.93. The lowest BCUT2D eigenvalue weighted by molar-refractivity contribution is 0.0948. The van der Waals surface area contributed by atoms with Gasteiger partial charge >= 0.3 is 0 Å². The standard InChI is InChI=1S/C30H29N11O2/c31-29-24(19-22(36-37-29)21-7-3-4-8-25(21)42)39-15-17-40(18-16-39)27-10-13-32-26(35-27)9-2-1-5-11-34-30(43)23-20-28-33-12-6-14-41(28)38-23/h3-4,6-8,10,12-14,19-20,42H,1,5,11,15-18H2,(H2,31,37)(H,34,43). The van der Waals surface area contributed by atoms with Gasteiger partial charge in [0.1, 0.15) is 11.6 Å². The first-order chi connectivity index (χ1) is 21.0. The smallest absolute Gasteiger partial charge is 0.271 e. The summed E-state index contributed by atoms with van der Waals surface area (Å²) in [6.45, 7) is 3.33. The number of rotatable bonds is 7. The number of nitrogens with one attached hydrogen (secondary N) is 1. The summed E-state index contributed by atoms with van der Waals surface area (Å²) in [4.78, 5) is 29.8. The summed E-state index contributed by atoms with van der Waals surface area (Å²) < 4.78 is 1.57.